The second kappa shape index (κ2) is 8.78. The summed E-state index contributed by atoms with van der Waals surface area (Å²) in [4.78, 5) is 1.31. The fourth-order valence-corrected chi connectivity index (χ4v) is 3.10. The van der Waals surface area contributed by atoms with Crippen LogP contribution in [-0.4, -0.2) is 18.3 Å². The highest BCUT2D eigenvalue weighted by Gasteiger charge is 2.06. The maximum atomic E-state index is 3.82. The molecule has 0 fully saturated rings. The van der Waals surface area contributed by atoms with Crippen molar-refractivity contribution in [3.8, 4) is 0 Å². The number of hydrogen-bond acceptors (Lipinski definition) is 2. The molecule has 0 saturated carbocycles. The molecule has 1 N–H and O–H groups in total. The van der Waals surface area contributed by atoms with Crippen molar-refractivity contribution in [1.29, 1.82) is 0 Å². The van der Waals surface area contributed by atoms with Gasteiger partial charge in [0.2, 0.25) is 0 Å². The molecule has 1 nitrogen and oxygen atoms in total. The Morgan fingerprint density at radius 3 is 3.00 bits per heavy atom. The highest BCUT2D eigenvalue weighted by molar-refractivity contribution is 9.10. The van der Waals surface area contributed by atoms with E-state index in [-0.39, 0.29) is 0 Å². The summed E-state index contributed by atoms with van der Waals surface area (Å²) >= 11 is 5.39. The number of halogens is 1. The fourth-order valence-electron chi connectivity index (χ4n) is 1.51. The summed E-state index contributed by atoms with van der Waals surface area (Å²) in [6, 6.07) is 8.97. The lowest BCUT2D eigenvalue weighted by Gasteiger charge is -2.16. The van der Waals surface area contributed by atoms with Crippen molar-refractivity contribution in [2.45, 2.75) is 30.7 Å². The van der Waals surface area contributed by atoms with Crippen molar-refractivity contribution >= 4 is 27.7 Å². The fraction of sp³-hybridized carbons (Fsp3) is 0.429. The summed E-state index contributed by atoms with van der Waals surface area (Å²) < 4.78 is 1.14. The van der Waals surface area contributed by atoms with Crippen LogP contribution in [0.5, 0.6) is 0 Å². The molecule has 0 aliphatic rings. The van der Waals surface area contributed by atoms with Crippen LogP contribution < -0.4 is 5.32 Å². The van der Waals surface area contributed by atoms with E-state index in [9.17, 15) is 0 Å². The first-order chi connectivity index (χ1) is 8.26. The minimum Gasteiger partial charge on any atom is -0.313 e. The molecule has 0 spiro atoms. The molecule has 17 heavy (non-hydrogen) atoms. The van der Waals surface area contributed by atoms with Crippen LogP contribution in [0.2, 0.25) is 0 Å². The van der Waals surface area contributed by atoms with Gasteiger partial charge in [-0.1, -0.05) is 35.0 Å². The van der Waals surface area contributed by atoms with Crippen LogP contribution in [0.25, 0.3) is 0 Å². The largest absolute Gasteiger partial charge is 0.313 e. The van der Waals surface area contributed by atoms with Crippen LogP contribution in [-0.2, 0) is 0 Å². The van der Waals surface area contributed by atoms with Crippen molar-refractivity contribution < 1.29 is 0 Å². The summed E-state index contributed by atoms with van der Waals surface area (Å²) in [5.41, 5.74) is 0. The normalized spacial score (nSPS) is 12.4. The second-order valence-electron chi connectivity index (χ2n) is 3.94. The van der Waals surface area contributed by atoms with Crippen molar-refractivity contribution in [3.05, 3.63) is 41.4 Å². The standard InChI is InChI=1S/C14H20BrNS/c1-3-6-13(16-9-4-2)11-17-14-8-5-7-12(15)10-14/h3,5,7-8,10,13,16H,1,4,6,9,11H2,2H3. The molecule has 94 valence electrons. The molecule has 1 atom stereocenters. The predicted molar refractivity (Wildman–Crippen MR) is 81.8 cm³/mol. The van der Waals surface area contributed by atoms with E-state index in [0.29, 0.717) is 6.04 Å². The Bertz CT molecular complexity index is 341. The summed E-state index contributed by atoms with van der Waals surface area (Å²) in [5.74, 6) is 1.09. The zero-order valence-corrected chi connectivity index (χ0v) is 12.7. The monoisotopic (exact) mass is 313 g/mol. The van der Waals surface area contributed by atoms with Gasteiger partial charge in [0.05, 0.1) is 0 Å². The third-order valence-electron chi connectivity index (χ3n) is 2.38. The predicted octanol–water partition coefficient (Wildman–Crippen LogP) is 4.49. The first-order valence-electron chi connectivity index (χ1n) is 5.99. The average molecular weight is 314 g/mol. The maximum absolute atomic E-state index is 3.82. The third-order valence-corrected chi connectivity index (χ3v) is 4.03. The molecule has 1 unspecified atom stereocenters. The van der Waals surface area contributed by atoms with E-state index in [1.54, 1.807) is 0 Å². The molecule has 0 aliphatic carbocycles. The Morgan fingerprint density at radius 2 is 2.35 bits per heavy atom. The van der Waals surface area contributed by atoms with Gasteiger partial charge in [-0.15, -0.1) is 18.3 Å². The SMILES string of the molecule is C=CCC(CSc1cccc(Br)c1)NCCC. The van der Waals surface area contributed by atoms with Gasteiger partial charge >= 0.3 is 0 Å². The van der Waals surface area contributed by atoms with Crippen LogP contribution in [0.3, 0.4) is 0 Å². The van der Waals surface area contributed by atoms with Crippen molar-refractivity contribution in [2.24, 2.45) is 0 Å². The molecule has 1 rings (SSSR count). The molecular formula is C14H20BrNS. The summed E-state index contributed by atoms with van der Waals surface area (Å²) in [6.45, 7) is 7.10. The average Bonchev–Trinajstić information content (AvgIpc) is 2.33. The van der Waals surface area contributed by atoms with Crippen LogP contribution >= 0.6 is 27.7 Å². The lowest BCUT2D eigenvalue weighted by molar-refractivity contribution is 0.558. The number of nitrogens with one attached hydrogen (secondary N) is 1. The van der Waals surface area contributed by atoms with Crippen molar-refractivity contribution in [2.75, 3.05) is 12.3 Å². The smallest absolute Gasteiger partial charge is 0.0196 e. The van der Waals surface area contributed by atoms with E-state index in [0.717, 1.165) is 23.2 Å². The topological polar surface area (TPSA) is 12.0 Å². The van der Waals surface area contributed by atoms with Crippen LogP contribution in [0, 0.1) is 0 Å². The molecule has 3 heteroatoms. The molecule has 0 radical (unpaired) electrons. The van der Waals surface area contributed by atoms with Crippen LogP contribution in [0.15, 0.2) is 46.3 Å². The van der Waals surface area contributed by atoms with Gasteiger partial charge in [-0.05, 0) is 37.6 Å². The molecule has 0 amide bonds. The van der Waals surface area contributed by atoms with Crippen LogP contribution in [0.1, 0.15) is 19.8 Å². The number of hydrogen-bond donors (Lipinski definition) is 1. The van der Waals surface area contributed by atoms with Crippen LogP contribution in [0.4, 0.5) is 0 Å². The lowest BCUT2D eigenvalue weighted by Crippen LogP contribution is -2.31. The highest BCUT2D eigenvalue weighted by Crippen LogP contribution is 2.23. The molecular weight excluding hydrogens is 294 g/mol. The minimum absolute atomic E-state index is 0.524. The van der Waals surface area contributed by atoms with Gasteiger partial charge in [-0.25, -0.2) is 0 Å². The lowest BCUT2D eigenvalue weighted by atomic mass is 10.2. The van der Waals surface area contributed by atoms with E-state index in [2.05, 4.69) is 59.0 Å². The molecule has 1 aromatic carbocycles. The van der Waals surface area contributed by atoms with Gasteiger partial charge in [0.1, 0.15) is 0 Å². The molecule has 0 aliphatic heterocycles. The molecule has 0 bridgehead atoms. The second-order valence-corrected chi connectivity index (χ2v) is 5.95. The number of rotatable bonds is 8. The van der Waals surface area contributed by atoms with Gasteiger partial charge < -0.3 is 5.32 Å². The maximum Gasteiger partial charge on any atom is 0.0196 e. The zero-order chi connectivity index (χ0) is 12.5. The van der Waals surface area contributed by atoms with Gasteiger partial charge in [-0.2, -0.15) is 0 Å². The molecule has 0 saturated heterocycles. The Hall–Kier alpha value is -0.250. The summed E-state index contributed by atoms with van der Waals surface area (Å²) in [5, 5.41) is 3.55. The van der Waals surface area contributed by atoms with E-state index in [1.165, 1.54) is 11.3 Å². The molecule has 0 heterocycles. The quantitative estimate of drug-likeness (QED) is 0.560. The third kappa shape index (κ3) is 6.29. The first-order valence-corrected chi connectivity index (χ1v) is 7.76. The Kier molecular flexibility index (Phi) is 7.65. The molecule has 1 aromatic rings. The van der Waals surface area contributed by atoms with E-state index >= 15 is 0 Å². The van der Waals surface area contributed by atoms with Gasteiger partial charge in [0.25, 0.3) is 0 Å². The number of benzene rings is 1. The van der Waals surface area contributed by atoms with Gasteiger partial charge in [0.15, 0.2) is 0 Å². The van der Waals surface area contributed by atoms with Gasteiger partial charge in [0, 0.05) is 21.2 Å². The highest BCUT2D eigenvalue weighted by atomic mass is 79.9. The van der Waals surface area contributed by atoms with Crippen molar-refractivity contribution in [3.63, 3.8) is 0 Å². The summed E-state index contributed by atoms with van der Waals surface area (Å²) in [6.07, 6.45) is 4.20. The Balaban J connectivity index is 2.42. The zero-order valence-electron chi connectivity index (χ0n) is 10.3. The minimum atomic E-state index is 0.524. The first kappa shape index (κ1) is 14.8. The van der Waals surface area contributed by atoms with Gasteiger partial charge in [-0.3, -0.25) is 0 Å². The summed E-state index contributed by atoms with van der Waals surface area (Å²) in [7, 11) is 0. The van der Waals surface area contributed by atoms with Crippen molar-refractivity contribution in [1.82, 2.24) is 5.32 Å². The molecule has 0 aromatic heterocycles. The van der Waals surface area contributed by atoms with E-state index < -0.39 is 0 Å². The Morgan fingerprint density at radius 1 is 1.53 bits per heavy atom. The van der Waals surface area contributed by atoms with E-state index in [4.69, 9.17) is 0 Å². The van der Waals surface area contributed by atoms with E-state index in [1.807, 2.05) is 17.8 Å². The Labute approximate surface area is 117 Å². The number of thioether (sulfide) groups is 1.